The number of carbonyl (C=O) groups is 2. The third-order valence-electron chi connectivity index (χ3n) is 6.40. The van der Waals surface area contributed by atoms with Gasteiger partial charge in [0.1, 0.15) is 16.5 Å². The number of thiazole rings is 1. The van der Waals surface area contributed by atoms with Crippen molar-refractivity contribution in [1.29, 1.82) is 0 Å². The summed E-state index contributed by atoms with van der Waals surface area (Å²) in [7, 11) is 3.24. The number of esters is 2. The van der Waals surface area contributed by atoms with Gasteiger partial charge in [0.05, 0.1) is 50.2 Å². The lowest BCUT2D eigenvalue weighted by atomic mass is 9.80. The van der Waals surface area contributed by atoms with Crippen LogP contribution < -0.4 is 14.8 Å². The molecule has 3 aromatic rings. The summed E-state index contributed by atoms with van der Waals surface area (Å²) in [5.74, 6) is -0.226. The van der Waals surface area contributed by atoms with Gasteiger partial charge in [0, 0.05) is 27.9 Å². The summed E-state index contributed by atoms with van der Waals surface area (Å²) in [6.45, 7) is 7.56. The van der Waals surface area contributed by atoms with Crippen LogP contribution in [0.3, 0.4) is 0 Å². The van der Waals surface area contributed by atoms with Gasteiger partial charge in [-0.3, -0.25) is 0 Å². The topological polar surface area (TPSA) is 96.0 Å². The van der Waals surface area contributed by atoms with Gasteiger partial charge in [-0.15, -0.1) is 11.3 Å². The van der Waals surface area contributed by atoms with Crippen molar-refractivity contribution in [3.63, 3.8) is 0 Å². The van der Waals surface area contributed by atoms with E-state index >= 15 is 0 Å². The molecule has 0 atom stereocenters. The van der Waals surface area contributed by atoms with Gasteiger partial charge in [0.15, 0.2) is 0 Å². The highest BCUT2D eigenvalue weighted by atomic mass is 32.1. The predicted molar refractivity (Wildman–Crippen MR) is 151 cm³/mol. The Kier molecular flexibility index (Phi) is 8.71. The lowest BCUT2D eigenvalue weighted by Gasteiger charge is -2.30. The van der Waals surface area contributed by atoms with E-state index in [0.29, 0.717) is 34.0 Å². The molecule has 0 spiro atoms. The Morgan fingerprint density at radius 2 is 1.59 bits per heavy atom. The molecule has 1 aliphatic heterocycles. The van der Waals surface area contributed by atoms with Crippen LogP contribution in [0.15, 0.2) is 70.4 Å². The molecule has 2 heterocycles. The van der Waals surface area contributed by atoms with Crippen LogP contribution in [-0.2, 0) is 19.1 Å². The minimum atomic E-state index is -0.665. The van der Waals surface area contributed by atoms with E-state index in [0.717, 1.165) is 27.4 Å². The summed E-state index contributed by atoms with van der Waals surface area (Å²) in [6, 6.07) is 13.3. The van der Waals surface area contributed by atoms with Gasteiger partial charge in [-0.2, -0.15) is 0 Å². The van der Waals surface area contributed by atoms with Crippen LogP contribution in [0, 0.1) is 0 Å². The van der Waals surface area contributed by atoms with Gasteiger partial charge in [0.25, 0.3) is 0 Å². The van der Waals surface area contributed by atoms with Crippen LogP contribution in [0.2, 0.25) is 0 Å². The molecule has 0 aliphatic carbocycles. The molecule has 4 rings (SSSR count). The molecule has 1 aromatic heterocycles. The first-order valence-corrected chi connectivity index (χ1v) is 13.5. The fraction of sp³-hybridized carbons (Fsp3) is 0.300. The van der Waals surface area contributed by atoms with E-state index in [4.69, 9.17) is 23.9 Å². The summed E-state index contributed by atoms with van der Waals surface area (Å²) in [4.78, 5) is 31.1. The average molecular weight is 549 g/mol. The number of benzene rings is 2. The Bertz CT molecular complexity index is 1420. The number of nitrogens with zero attached hydrogens (tertiary/aromatic N) is 1. The van der Waals surface area contributed by atoms with Crippen LogP contribution in [0.25, 0.3) is 21.8 Å². The zero-order valence-electron chi connectivity index (χ0n) is 22.9. The molecular formula is C30H32N2O6S. The monoisotopic (exact) mass is 548 g/mol. The van der Waals surface area contributed by atoms with Crippen LogP contribution in [0.5, 0.6) is 11.5 Å². The first-order valence-electron chi connectivity index (χ1n) is 12.6. The van der Waals surface area contributed by atoms with E-state index in [1.54, 1.807) is 28.1 Å². The number of allylic oxidation sites excluding steroid dienone is 2. The van der Waals surface area contributed by atoms with Gasteiger partial charge >= 0.3 is 11.9 Å². The van der Waals surface area contributed by atoms with Crippen molar-refractivity contribution in [3.8, 4) is 33.3 Å². The van der Waals surface area contributed by atoms with Crippen molar-refractivity contribution in [1.82, 2.24) is 10.3 Å². The normalized spacial score (nSPS) is 13.7. The molecule has 0 saturated carbocycles. The Morgan fingerprint density at radius 3 is 2.18 bits per heavy atom. The zero-order valence-corrected chi connectivity index (χ0v) is 23.7. The van der Waals surface area contributed by atoms with E-state index in [2.05, 4.69) is 5.32 Å². The molecule has 1 N–H and O–H groups in total. The maximum Gasteiger partial charge on any atom is 0.336 e. The number of carbonyl (C=O) groups excluding carboxylic acids is 2. The molecule has 39 heavy (non-hydrogen) atoms. The second kappa shape index (κ2) is 12.2. The second-order valence-electron chi connectivity index (χ2n) is 8.81. The highest BCUT2D eigenvalue weighted by Gasteiger charge is 2.38. The van der Waals surface area contributed by atoms with E-state index in [9.17, 15) is 9.59 Å². The van der Waals surface area contributed by atoms with Gasteiger partial charge in [-0.1, -0.05) is 18.2 Å². The van der Waals surface area contributed by atoms with Gasteiger partial charge in [-0.25, -0.2) is 14.6 Å². The van der Waals surface area contributed by atoms with Gasteiger partial charge in [0.2, 0.25) is 0 Å². The van der Waals surface area contributed by atoms with E-state index < -0.39 is 17.9 Å². The summed E-state index contributed by atoms with van der Waals surface area (Å²) in [5.41, 5.74) is 5.21. The number of hydrogen-bond acceptors (Lipinski definition) is 9. The number of dihydropyridines is 1. The lowest BCUT2D eigenvalue weighted by Crippen LogP contribution is -2.32. The van der Waals surface area contributed by atoms with E-state index in [1.165, 1.54) is 11.3 Å². The van der Waals surface area contributed by atoms with Crippen LogP contribution in [0.1, 0.15) is 39.2 Å². The Balaban J connectivity index is 1.80. The molecule has 2 aromatic carbocycles. The number of rotatable bonds is 9. The van der Waals surface area contributed by atoms with Crippen LogP contribution in [-0.4, -0.2) is 44.4 Å². The Labute approximate surface area is 232 Å². The molecular weight excluding hydrogens is 516 g/mol. The molecule has 204 valence electrons. The Hall–Kier alpha value is -4.11. The quantitative estimate of drug-likeness (QED) is 0.333. The number of ether oxygens (including phenoxy) is 4. The third kappa shape index (κ3) is 5.68. The maximum absolute atomic E-state index is 13.1. The van der Waals surface area contributed by atoms with Crippen molar-refractivity contribution in [2.75, 3.05) is 27.4 Å². The van der Waals surface area contributed by atoms with Crippen molar-refractivity contribution in [3.05, 3.63) is 75.9 Å². The van der Waals surface area contributed by atoms with Gasteiger partial charge in [-0.05, 0) is 57.5 Å². The van der Waals surface area contributed by atoms with Crippen molar-refractivity contribution in [2.45, 2.75) is 33.6 Å². The second-order valence-corrected chi connectivity index (χ2v) is 9.66. The zero-order chi connectivity index (χ0) is 28.1. The molecule has 9 heteroatoms. The number of aromatic nitrogens is 1. The SMILES string of the molecule is CCOC(=O)C1=C(C)NC(C)=C(C(=O)OCC)C1c1cccc(-c2nc(-c3cc(OC)ccc3OC)cs2)c1. The standard InChI is InChI=1S/C30H32N2O6S/c1-7-37-29(33)25-17(3)31-18(4)26(30(34)38-8-2)27(25)19-10-9-11-20(14-19)28-32-23(16-39-28)22-15-21(35-5)12-13-24(22)36-6/h9-16,27,31H,7-8H2,1-6H3. The summed E-state index contributed by atoms with van der Waals surface area (Å²) >= 11 is 1.49. The molecule has 0 radical (unpaired) electrons. The molecule has 1 aliphatic rings. The minimum Gasteiger partial charge on any atom is -0.497 e. The molecule has 0 saturated heterocycles. The van der Waals surface area contributed by atoms with Crippen LogP contribution in [0.4, 0.5) is 0 Å². The first kappa shape index (κ1) is 27.9. The van der Waals surface area contributed by atoms with E-state index in [1.807, 2.05) is 61.7 Å². The van der Waals surface area contributed by atoms with Gasteiger partial charge < -0.3 is 24.3 Å². The highest BCUT2D eigenvalue weighted by molar-refractivity contribution is 7.13. The fourth-order valence-electron chi connectivity index (χ4n) is 4.68. The Morgan fingerprint density at radius 1 is 0.923 bits per heavy atom. The predicted octanol–water partition coefficient (Wildman–Crippen LogP) is 5.86. The lowest BCUT2D eigenvalue weighted by molar-refractivity contribution is -0.139. The average Bonchev–Trinajstić information content (AvgIpc) is 3.43. The largest absolute Gasteiger partial charge is 0.497 e. The molecule has 0 amide bonds. The fourth-order valence-corrected chi connectivity index (χ4v) is 5.50. The summed E-state index contributed by atoms with van der Waals surface area (Å²) in [6.07, 6.45) is 0. The number of methoxy groups -OCH3 is 2. The van der Waals surface area contributed by atoms with Crippen LogP contribution >= 0.6 is 11.3 Å². The van der Waals surface area contributed by atoms with Crippen molar-refractivity contribution >= 4 is 23.3 Å². The maximum atomic E-state index is 13.1. The number of nitrogens with one attached hydrogen (secondary N) is 1. The smallest absolute Gasteiger partial charge is 0.336 e. The summed E-state index contributed by atoms with van der Waals surface area (Å²) in [5, 5.41) is 5.92. The highest BCUT2D eigenvalue weighted by Crippen LogP contribution is 2.41. The van der Waals surface area contributed by atoms with Crippen molar-refractivity contribution in [2.24, 2.45) is 0 Å². The molecule has 0 bridgehead atoms. The molecule has 0 fully saturated rings. The number of hydrogen-bond donors (Lipinski definition) is 1. The van der Waals surface area contributed by atoms with E-state index in [-0.39, 0.29) is 13.2 Å². The minimum absolute atomic E-state index is 0.218. The molecule has 8 nitrogen and oxygen atoms in total. The molecule has 0 unspecified atom stereocenters. The third-order valence-corrected chi connectivity index (χ3v) is 7.30. The van der Waals surface area contributed by atoms with Crippen molar-refractivity contribution < 1.29 is 28.5 Å². The first-order chi connectivity index (χ1) is 18.8. The summed E-state index contributed by atoms with van der Waals surface area (Å²) < 4.78 is 21.7.